The van der Waals surface area contributed by atoms with Crippen LogP contribution in [0.3, 0.4) is 0 Å². The zero-order chi connectivity index (χ0) is 17.2. The fraction of sp³-hybridized carbons (Fsp3) is 0.632. The fourth-order valence-electron chi connectivity index (χ4n) is 3.13. The van der Waals surface area contributed by atoms with Crippen molar-refractivity contribution in [1.29, 1.82) is 0 Å². The van der Waals surface area contributed by atoms with Gasteiger partial charge in [-0.1, -0.05) is 31.4 Å². The molecule has 0 bridgehead atoms. The van der Waals surface area contributed by atoms with Gasteiger partial charge >= 0.3 is 6.09 Å². The molecule has 1 aliphatic carbocycles. The third-order valence-corrected chi connectivity index (χ3v) is 4.46. The van der Waals surface area contributed by atoms with Crippen molar-refractivity contribution in [2.75, 3.05) is 19.8 Å². The highest BCUT2D eigenvalue weighted by Gasteiger charge is 2.21. The van der Waals surface area contributed by atoms with E-state index in [0.29, 0.717) is 25.7 Å². The van der Waals surface area contributed by atoms with E-state index in [1.807, 2.05) is 12.1 Å². The van der Waals surface area contributed by atoms with Crippen LogP contribution in [0.1, 0.15) is 44.6 Å². The molecule has 0 heterocycles. The summed E-state index contributed by atoms with van der Waals surface area (Å²) in [5.74, 6) is 1.15. The number of ether oxygens (including phenoxy) is 2. The minimum absolute atomic E-state index is 0.169. The number of alkyl carbamates (subject to hydrolysis) is 1. The molecule has 24 heavy (non-hydrogen) atoms. The van der Waals surface area contributed by atoms with Gasteiger partial charge in [0.25, 0.3) is 0 Å². The van der Waals surface area contributed by atoms with E-state index in [1.165, 1.54) is 18.4 Å². The van der Waals surface area contributed by atoms with Crippen LogP contribution < -0.4 is 10.1 Å². The number of rotatable bonds is 7. The predicted molar refractivity (Wildman–Crippen MR) is 93.2 cm³/mol. The largest absolute Gasteiger partial charge is 0.492 e. The first kappa shape index (κ1) is 18.6. The SMILES string of the molecule is CCOC(=O)NCCOc1ccc(C[C@@H]2CCCCC[C@H]2O)cc1. The van der Waals surface area contributed by atoms with Gasteiger partial charge in [0.05, 0.1) is 19.3 Å². The molecular formula is C19H29NO4. The van der Waals surface area contributed by atoms with Gasteiger partial charge in [0.15, 0.2) is 0 Å². The van der Waals surface area contributed by atoms with Crippen LogP contribution in [0.15, 0.2) is 24.3 Å². The minimum atomic E-state index is -0.418. The van der Waals surface area contributed by atoms with E-state index in [1.54, 1.807) is 6.92 Å². The van der Waals surface area contributed by atoms with Crippen LogP contribution in [0.2, 0.25) is 0 Å². The van der Waals surface area contributed by atoms with Crippen molar-refractivity contribution in [1.82, 2.24) is 5.32 Å². The molecule has 0 aromatic heterocycles. The van der Waals surface area contributed by atoms with Crippen molar-refractivity contribution >= 4 is 6.09 Å². The Bertz CT molecular complexity index is 489. The molecule has 1 saturated carbocycles. The van der Waals surface area contributed by atoms with Gasteiger partial charge in [-0.05, 0) is 49.8 Å². The summed E-state index contributed by atoms with van der Waals surface area (Å²) in [6.45, 7) is 2.95. The average Bonchev–Trinajstić information content (AvgIpc) is 2.78. The summed E-state index contributed by atoms with van der Waals surface area (Å²) in [6.07, 6.45) is 5.97. The number of benzene rings is 1. The third-order valence-electron chi connectivity index (χ3n) is 4.46. The summed E-state index contributed by atoms with van der Waals surface area (Å²) in [6, 6.07) is 8.02. The van der Waals surface area contributed by atoms with Gasteiger partial charge in [0.2, 0.25) is 0 Å². The first-order chi connectivity index (χ1) is 11.7. The number of carbonyl (C=O) groups is 1. The van der Waals surface area contributed by atoms with Crippen LogP contribution in [0, 0.1) is 5.92 Å². The number of aliphatic hydroxyl groups is 1. The Morgan fingerprint density at radius 2 is 1.96 bits per heavy atom. The monoisotopic (exact) mass is 335 g/mol. The fourth-order valence-corrected chi connectivity index (χ4v) is 3.13. The molecule has 1 aliphatic rings. The molecule has 0 aliphatic heterocycles. The molecule has 1 amide bonds. The van der Waals surface area contributed by atoms with E-state index < -0.39 is 6.09 Å². The van der Waals surface area contributed by atoms with E-state index in [0.717, 1.165) is 31.4 Å². The van der Waals surface area contributed by atoms with Crippen molar-refractivity contribution in [3.63, 3.8) is 0 Å². The van der Waals surface area contributed by atoms with Gasteiger partial charge in [0.1, 0.15) is 12.4 Å². The molecule has 2 rings (SSSR count). The number of nitrogens with one attached hydrogen (secondary N) is 1. The highest BCUT2D eigenvalue weighted by molar-refractivity contribution is 5.66. The van der Waals surface area contributed by atoms with Crippen LogP contribution in [-0.4, -0.2) is 37.1 Å². The molecule has 5 heteroatoms. The number of amides is 1. The number of hydrogen-bond donors (Lipinski definition) is 2. The Kier molecular flexibility index (Phi) is 7.89. The Balaban J connectivity index is 1.73. The van der Waals surface area contributed by atoms with Crippen molar-refractivity contribution in [2.24, 2.45) is 5.92 Å². The zero-order valence-electron chi connectivity index (χ0n) is 14.5. The predicted octanol–water partition coefficient (Wildman–Crippen LogP) is 3.30. The zero-order valence-corrected chi connectivity index (χ0v) is 14.5. The van der Waals surface area contributed by atoms with Crippen LogP contribution >= 0.6 is 0 Å². The normalized spacial score (nSPS) is 20.9. The molecule has 2 N–H and O–H groups in total. The summed E-state index contributed by atoms with van der Waals surface area (Å²) in [5, 5.41) is 12.8. The second kappa shape index (κ2) is 10.2. The van der Waals surface area contributed by atoms with Crippen LogP contribution in [0.4, 0.5) is 4.79 Å². The van der Waals surface area contributed by atoms with Crippen molar-refractivity contribution < 1.29 is 19.4 Å². The molecule has 0 spiro atoms. The van der Waals surface area contributed by atoms with Gasteiger partial charge < -0.3 is 19.9 Å². The van der Waals surface area contributed by atoms with Crippen molar-refractivity contribution in [3.05, 3.63) is 29.8 Å². The van der Waals surface area contributed by atoms with E-state index in [4.69, 9.17) is 9.47 Å². The standard InChI is InChI=1S/C19H29NO4/c1-2-23-19(22)20-12-13-24-17-10-8-15(9-11-17)14-16-6-4-3-5-7-18(16)21/h8-11,16,18,21H,2-7,12-14H2,1H3,(H,20,22)/t16-,18+/m0/s1. The van der Waals surface area contributed by atoms with E-state index in [2.05, 4.69) is 17.4 Å². The molecule has 1 aromatic rings. The minimum Gasteiger partial charge on any atom is -0.492 e. The maximum Gasteiger partial charge on any atom is 0.407 e. The van der Waals surface area contributed by atoms with Gasteiger partial charge in [-0.3, -0.25) is 0 Å². The maximum absolute atomic E-state index is 11.1. The summed E-state index contributed by atoms with van der Waals surface area (Å²) in [4.78, 5) is 11.1. The van der Waals surface area contributed by atoms with Crippen molar-refractivity contribution in [3.8, 4) is 5.75 Å². The van der Waals surface area contributed by atoms with E-state index >= 15 is 0 Å². The summed E-state index contributed by atoms with van der Waals surface area (Å²) >= 11 is 0. The summed E-state index contributed by atoms with van der Waals surface area (Å²) in [7, 11) is 0. The first-order valence-corrected chi connectivity index (χ1v) is 8.99. The topological polar surface area (TPSA) is 67.8 Å². The Morgan fingerprint density at radius 3 is 2.71 bits per heavy atom. The Morgan fingerprint density at radius 1 is 1.21 bits per heavy atom. The highest BCUT2D eigenvalue weighted by atomic mass is 16.5. The molecule has 5 nitrogen and oxygen atoms in total. The molecular weight excluding hydrogens is 306 g/mol. The smallest absolute Gasteiger partial charge is 0.407 e. The second-order valence-corrected chi connectivity index (χ2v) is 6.31. The molecule has 2 atom stereocenters. The highest BCUT2D eigenvalue weighted by Crippen LogP contribution is 2.27. The number of aliphatic hydroxyl groups excluding tert-OH is 1. The Labute approximate surface area is 144 Å². The van der Waals surface area contributed by atoms with Crippen LogP contribution in [0.25, 0.3) is 0 Å². The lowest BCUT2D eigenvalue weighted by Crippen LogP contribution is -2.28. The Hall–Kier alpha value is -1.75. The molecule has 1 aromatic carbocycles. The molecule has 134 valence electrons. The lowest BCUT2D eigenvalue weighted by molar-refractivity contribution is 0.101. The van der Waals surface area contributed by atoms with E-state index in [-0.39, 0.29) is 6.10 Å². The lowest BCUT2D eigenvalue weighted by Gasteiger charge is -2.20. The molecule has 0 saturated heterocycles. The third kappa shape index (κ3) is 6.40. The van der Waals surface area contributed by atoms with Gasteiger partial charge in [-0.25, -0.2) is 4.79 Å². The average molecular weight is 335 g/mol. The lowest BCUT2D eigenvalue weighted by atomic mass is 9.90. The van der Waals surface area contributed by atoms with E-state index in [9.17, 15) is 9.90 Å². The summed E-state index contributed by atoms with van der Waals surface area (Å²) < 4.78 is 10.4. The second-order valence-electron chi connectivity index (χ2n) is 6.31. The van der Waals surface area contributed by atoms with Gasteiger partial charge in [-0.15, -0.1) is 0 Å². The summed E-state index contributed by atoms with van der Waals surface area (Å²) in [5.41, 5.74) is 1.23. The van der Waals surface area contributed by atoms with Gasteiger partial charge in [-0.2, -0.15) is 0 Å². The van der Waals surface area contributed by atoms with Gasteiger partial charge in [0, 0.05) is 0 Å². The van der Waals surface area contributed by atoms with Crippen LogP contribution in [0.5, 0.6) is 5.75 Å². The first-order valence-electron chi connectivity index (χ1n) is 8.99. The van der Waals surface area contributed by atoms with Crippen LogP contribution in [-0.2, 0) is 11.2 Å². The van der Waals surface area contributed by atoms with Crippen molar-refractivity contribution in [2.45, 2.75) is 51.6 Å². The maximum atomic E-state index is 11.1. The molecule has 0 radical (unpaired) electrons. The quantitative estimate of drug-likeness (QED) is 0.593. The number of carbonyl (C=O) groups excluding carboxylic acids is 1. The molecule has 1 fully saturated rings. The number of hydrogen-bond acceptors (Lipinski definition) is 4. The molecule has 0 unspecified atom stereocenters.